The lowest BCUT2D eigenvalue weighted by Gasteiger charge is -2.25. The molecule has 2 aromatic rings. The van der Waals surface area contributed by atoms with Crippen LogP contribution in [0.1, 0.15) is 41.0 Å². The molecule has 1 atom stereocenters. The van der Waals surface area contributed by atoms with Crippen molar-refractivity contribution >= 4 is 52.6 Å². The topological polar surface area (TPSA) is 92.8 Å². The third-order valence-electron chi connectivity index (χ3n) is 4.68. The average Bonchev–Trinajstić information content (AvgIpc) is 2.98. The zero-order valence-corrected chi connectivity index (χ0v) is 18.4. The smallest absolute Gasteiger partial charge is 0.329 e. The van der Waals surface area contributed by atoms with Gasteiger partial charge in [-0.1, -0.05) is 55.2 Å². The minimum Gasteiger partial charge on any atom is -0.454 e. The number of fused-ring (bicyclic) bond motifs is 1. The van der Waals surface area contributed by atoms with Gasteiger partial charge in [-0.3, -0.25) is 19.3 Å². The van der Waals surface area contributed by atoms with Crippen LogP contribution in [-0.2, 0) is 14.3 Å². The normalized spacial score (nSPS) is 13.9. The molecule has 3 amide bonds. The molecule has 162 valence electrons. The lowest BCUT2D eigenvalue weighted by Crippen LogP contribution is -2.46. The number of nitrogens with one attached hydrogen (secondary N) is 1. The van der Waals surface area contributed by atoms with Crippen LogP contribution in [0, 0.1) is 5.92 Å². The number of benzene rings is 2. The van der Waals surface area contributed by atoms with Gasteiger partial charge < -0.3 is 10.1 Å². The van der Waals surface area contributed by atoms with E-state index in [1.165, 1.54) is 12.1 Å². The summed E-state index contributed by atoms with van der Waals surface area (Å²) >= 11 is 12.0. The quantitative estimate of drug-likeness (QED) is 0.491. The Morgan fingerprint density at radius 3 is 2.03 bits per heavy atom. The number of para-hydroxylation sites is 1. The number of anilines is 1. The highest BCUT2D eigenvalue weighted by molar-refractivity contribution is 6.39. The molecule has 0 radical (unpaired) electrons. The van der Waals surface area contributed by atoms with Gasteiger partial charge in [0.15, 0.2) is 6.61 Å². The fraction of sp³-hybridized carbons (Fsp3) is 0.273. The van der Waals surface area contributed by atoms with Crippen molar-refractivity contribution in [3.63, 3.8) is 0 Å². The van der Waals surface area contributed by atoms with Crippen LogP contribution >= 0.6 is 23.2 Å². The molecular weight excluding hydrogens is 443 g/mol. The molecule has 9 heteroatoms. The van der Waals surface area contributed by atoms with Gasteiger partial charge in [0.05, 0.1) is 26.9 Å². The number of hydrogen-bond acceptors (Lipinski definition) is 5. The number of ether oxygens (including phenoxy) is 1. The number of esters is 1. The number of nitrogens with zero attached hydrogens (tertiary/aromatic N) is 1. The summed E-state index contributed by atoms with van der Waals surface area (Å²) in [6.07, 6.45) is 0.197. The van der Waals surface area contributed by atoms with E-state index < -0.39 is 36.3 Å². The van der Waals surface area contributed by atoms with E-state index in [1.54, 1.807) is 30.3 Å². The van der Waals surface area contributed by atoms with Crippen molar-refractivity contribution in [2.24, 2.45) is 5.92 Å². The van der Waals surface area contributed by atoms with E-state index >= 15 is 0 Å². The van der Waals surface area contributed by atoms with Gasteiger partial charge in [0.2, 0.25) is 0 Å². The number of carbonyl (C=O) groups is 4. The highest BCUT2D eigenvalue weighted by atomic mass is 35.5. The lowest BCUT2D eigenvalue weighted by atomic mass is 10.0. The van der Waals surface area contributed by atoms with E-state index in [1.807, 2.05) is 13.8 Å². The number of rotatable bonds is 7. The molecule has 1 N–H and O–H groups in total. The third-order valence-corrected chi connectivity index (χ3v) is 5.31. The maximum Gasteiger partial charge on any atom is 0.329 e. The lowest BCUT2D eigenvalue weighted by molar-refractivity contribution is -0.151. The predicted octanol–water partition coefficient (Wildman–Crippen LogP) is 4.19. The molecule has 7 nitrogen and oxygen atoms in total. The monoisotopic (exact) mass is 462 g/mol. The summed E-state index contributed by atoms with van der Waals surface area (Å²) in [5.41, 5.74) is 0.672. The Bertz CT molecular complexity index is 999. The van der Waals surface area contributed by atoms with Crippen molar-refractivity contribution in [1.29, 1.82) is 0 Å². The maximum atomic E-state index is 12.8. The first-order valence-corrected chi connectivity index (χ1v) is 10.3. The molecule has 0 saturated carbocycles. The molecule has 2 aromatic carbocycles. The third kappa shape index (κ3) is 4.89. The first kappa shape index (κ1) is 22.8. The summed E-state index contributed by atoms with van der Waals surface area (Å²) in [4.78, 5) is 51.5. The van der Waals surface area contributed by atoms with Crippen LogP contribution in [0.3, 0.4) is 0 Å². The largest absolute Gasteiger partial charge is 0.454 e. The second kappa shape index (κ2) is 9.49. The Morgan fingerprint density at radius 2 is 1.52 bits per heavy atom. The van der Waals surface area contributed by atoms with Crippen LogP contribution in [0.4, 0.5) is 5.69 Å². The molecule has 0 aliphatic carbocycles. The highest BCUT2D eigenvalue weighted by Crippen LogP contribution is 2.30. The van der Waals surface area contributed by atoms with E-state index in [4.69, 9.17) is 27.9 Å². The Kier molecular flexibility index (Phi) is 6.97. The second-order valence-electron chi connectivity index (χ2n) is 7.42. The Labute approximate surface area is 189 Å². The summed E-state index contributed by atoms with van der Waals surface area (Å²) in [7, 11) is 0. The number of halogens is 2. The minimum absolute atomic E-state index is 0.0161. The highest BCUT2D eigenvalue weighted by Gasteiger charge is 2.43. The van der Waals surface area contributed by atoms with E-state index in [2.05, 4.69) is 5.32 Å². The van der Waals surface area contributed by atoms with E-state index in [0.717, 1.165) is 4.90 Å². The van der Waals surface area contributed by atoms with Crippen molar-refractivity contribution in [3.05, 3.63) is 63.6 Å². The fourth-order valence-corrected chi connectivity index (χ4v) is 3.76. The average molecular weight is 463 g/mol. The van der Waals surface area contributed by atoms with Crippen LogP contribution in [0.15, 0.2) is 42.5 Å². The molecule has 31 heavy (non-hydrogen) atoms. The van der Waals surface area contributed by atoms with E-state index in [-0.39, 0.29) is 39.2 Å². The van der Waals surface area contributed by atoms with Crippen molar-refractivity contribution < 1.29 is 23.9 Å². The van der Waals surface area contributed by atoms with Gasteiger partial charge in [0, 0.05) is 0 Å². The summed E-state index contributed by atoms with van der Waals surface area (Å²) in [6.45, 7) is 3.08. The summed E-state index contributed by atoms with van der Waals surface area (Å²) in [5.74, 6) is -2.64. The molecule has 0 saturated heterocycles. The van der Waals surface area contributed by atoms with Crippen LogP contribution in [0.25, 0.3) is 0 Å². The first-order chi connectivity index (χ1) is 14.7. The Balaban J connectivity index is 1.72. The summed E-state index contributed by atoms with van der Waals surface area (Å²) in [6, 6.07) is 9.94. The van der Waals surface area contributed by atoms with Crippen molar-refractivity contribution in [2.45, 2.75) is 26.3 Å². The van der Waals surface area contributed by atoms with Crippen molar-refractivity contribution in [2.75, 3.05) is 11.9 Å². The molecule has 0 aromatic heterocycles. The molecule has 1 aliphatic heterocycles. The summed E-state index contributed by atoms with van der Waals surface area (Å²) < 4.78 is 5.14. The Morgan fingerprint density at radius 1 is 0.968 bits per heavy atom. The molecular formula is C22H20Cl2N2O5. The molecule has 1 unspecified atom stereocenters. The van der Waals surface area contributed by atoms with Crippen molar-refractivity contribution in [1.82, 2.24) is 4.90 Å². The number of imide groups is 1. The predicted molar refractivity (Wildman–Crippen MR) is 116 cm³/mol. The van der Waals surface area contributed by atoms with Gasteiger partial charge in [-0.15, -0.1) is 0 Å². The first-order valence-electron chi connectivity index (χ1n) is 9.58. The zero-order chi connectivity index (χ0) is 22.7. The van der Waals surface area contributed by atoms with Gasteiger partial charge in [-0.25, -0.2) is 4.79 Å². The molecule has 0 fully saturated rings. The second-order valence-corrected chi connectivity index (χ2v) is 8.24. The maximum absolute atomic E-state index is 12.8. The van der Waals surface area contributed by atoms with Gasteiger partial charge in [0.1, 0.15) is 6.04 Å². The van der Waals surface area contributed by atoms with Crippen LogP contribution in [0.2, 0.25) is 10.0 Å². The van der Waals surface area contributed by atoms with E-state index in [0.29, 0.717) is 0 Å². The SMILES string of the molecule is CC(C)CC(C(=O)OCC(=O)Nc1c(Cl)cccc1Cl)N1C(=O)c2ccccc2C1=O. The minimum atomic E-state index is -1.15. The van der Waals surface area contributed by atoms with Crippen LogP contribution in [-0.4, -0.2) is 41.2 Å². The van der Waals surface area contributed by atoms with Crippen LogP contribution < -0.4 is 5.32 Å². The fourth-order valence-electron chi connectivity index (χ4n) is 3.27. The van der Waals surface area contributed by atoms with Gasteiger partial charge in [-0.05, 0) is 36.6 Å². The number of hydrogen-bond donors (Lipinski definition) is 1. The van der Waals surface area contributed by atoms with Gasteiger partial charge >= 0.3 is 5.97 Å². The molecule has 0 bridgehead atoms. The van der Waals surface area contributed by atoms with E-state index in [9.17, 15) is 19.2 Å². The number of carbonyl (C=O) groups excluding carboxylic acids is 4. The molecule has 3 rings (SSSR count). The zero-order valence-electron chi connectivity index (χ0n) is 16.9. The molecule has 1 aliphatic rings. The van der Waals surface area contributed by atoms with Gasteiger partial charge in [0.25, 0.3) is 17.7 Å². The summed E-state index contributed by atoms with van der Waals surface area (Å²) in [5, 5.41) is 2.95. The van der Waals surface area contributed by atoms with Crippen molar-refractivity contribution in [3.8, 4) is 0 Å². The standard InChI is InChI=1S/C22H20Cl2N2O5/c1-12(2)10-17(26-20(28)13-6-3-4-7-14(13)21(26)29)22(30)31-11-18(27)25-19-15(23)8-5-9-16(19)24/h3-9,12,17H,10-11H2,1-2H3,(H,25,27). The Hall–Kier alpha value is -2.90. The molecule has 0 spiro atoms. The molecule has 1 heterocycles. The van der Waals surface area contributed by atoms with Crippen LogP contribution in [0.5, 0.6) is 0 Å². The van der Waals surface area contributed by atoms with Gasteiger partial charge in [-0.2, -0.15) is 0 Å². The number of amides is 3.